The molecule has 4 nitrogen and oxygen atoms in total. The molecule has 0 aromatic heterocycles. The molecule has 1 aliphatic carbocycles. The lowest BCUT2D eigenvalue weighted by Crippen LogP contribution is -2.41. The van der Waals surface area contributed by atoms with Gasteiger partial charge in [0.2, 0.25) is 0 Å². The summed E-state index contributed by atoms with van der Waals surface area (Å²) in [4.78, 5) is 0. The maximum atomic E-state index is 5.92. The standard InChI is InChI=1S/C24H42N2O2/c1-17-7-5-9-21(25-17)13-11-19-15-24(28-4)20(16-23(19)27-3)12-14-22-10-6-8-18(2)26-22/h11-14,17-26H,5-10,15-16H2,1-4H3/b13-11+,14-12+. The average Bonchev–Trinajstić information content (AvgIpc) is 2.70. The van der Waals surface area contributed by atoms with E-state index in [4.69, 9.17) is 9.47 Å². The highest BCUT2D eigenvalue weighted by Crippen LogP contribution is 2.35. The van der Waals surface area contributed by atoms with E-state index in [1.165, 1.54) is 38.5 Å². The fourth-order valence-electron chi connectivity index (χ4n) is 5.35. The first-order valence-electron chi connectivity index (χ1n) is 11.5. The van der Waals surface area contributed by atoms with Crippen LogP contribution in [0, 0.1) is 11.8 Å². The van der Waals surface area contributed by atoms with E-state index in [1.54, 1.807) is 0 Å². The van der Waals surface area contributed by atoms with Crippen LogP contribution in [0.25, 0.3) is 0 Å². The molecule has 8 unspecified atom stereocenters. The minimum absolute atomic E-state index is 0.275. The number of methoxy groups -OCH3 is 2. The van der Waals surface area contributed by atoms with Crippen molar-refractivity contribution >= 4 is 0 Å². The summed E-state index contributed by atoms with van der Waals surface area (Å²) >= 11 is 0. The normalized spacial score (nSPS) is 43.0. The summed E-state index contributed by atoms with van der Waals surface area (Å²) in [6, 6.07) is 2.29. The van der Waals surface area contributed by atoms with Crippen molar-refractivity contribution in [2.24, 2.45) is 11.8 Å². The summed E-state index contributed by atoms with van der Waals surface area (Å²) in [6.45, 7) is 4.58. The molecule has 2 aliphatic heterocycles. The summed E-state index contributed by atoms with van der Waals surface area (Å²) in [5, 5.41) is 7.41. The Hall–Kier alpha value is -0.680. The molecule has 0 bridgehead atoms. The van der Waals surface area contributed by atoms with Crippen LogP contribution in [0.4, 0.5) is 0 Å². The van der Waals surface area contributed by atoms with Gasteiger partial charge in [-0.2, -0.15) is 0 Å². The van der Waals surface area contributed by atoms with Crippen molar-refractivity contribution in [3.8, 4) is 0 Å². The molecule has 2 N–H and O–H groups in total. The first-order valence-corrected chi connectivity index (χ1v) is 11.5. The number of ether oxygens (including phenoxy) is 2. The zero-order chi connectivity index (χ0) is 19.9. The SMILES string of the molecule is COC1CC(/C=C/C2CCCC(C)N2)C(OC)CC1/C=C/C1CCCC(C)N1. The van der Waals surface area contributed by atoms with Gasteiger partial charge in [-0.15, -0.1) is 0 Å². The van der Waals surface area contributed by atoms with Gasteiger partial charge in [-0.25, -0.2) is 0 Å². The van der Waals surface area contributed by atoms with E-state index in [2.05, 4.69) is 48.8 Å². The van der Waals surface area contributed by atoms with Gasteiger partial charge in [0, 0.05) is 50.2 Å². The predicted molar refractivity (Wildman–Crippen MR) is 117 cm³/mol. The third-order valence-electron chi connectivity index (χ3n) is 7.05. The van der Waals surface area contributed by atoms with Gasteiger partial charge in [0.1, 0.15) is 0 Å². The number of nitrogens with one attached hydrogen (secondary N) is 2. The van der Waals surface area contributed by atoms with Crippen LogP contribution in [0.2, 0.25) is 0 Å². The summed E-state index contributed by atoms with van der Waals surface area (Å²) < 4.78 is 11.8. The second kappa shape index (κ2) is 10.9. The Balaban J connectivity index is 1.59. The third-order valence-corrected chi connectivity index (χ3v) is 7.05. The lowest BCUT2D eigenvalue weighted by molar-refractivity contribution is -0.0424. The fraction of sp³-hybridized carbons (Fsp3) is 0.833. The fourth-order valence-corrected chi connectivity index (χ4v) is 5.35. The number of piperidine rings is 2. The maximum Gasteiger partial charge on any atom is 0.0641 e. The largest absolute Gasteiger partial charge is 0.381 e. The van der Waals surface area contributed by atoms with Crippen LogP contribution >= 0.6 is 0 Å². The van der Waals surface area contributed by atoms with Gasteiger partial charge in [-0.3, -0.25) is 0 Å². The molecule has 3 aliphatic rings. The molecule has 2 heterocycles. The molecule has 1 saturated carbocycles. The molecule has 3 rings (SSSR count). The number of hydrogen-bond acceptors (Lipinski definition) is 4. The van der Waals surface area contributed by atoms with Crippen molar-refractivity contribution in [3.63, 3.8) is 0 Å². The van der Waals surface area contributed by atoms with Crippen LogP contribution < -0.4 is 10.6 Å². The highest BCUT2D eigenvalue weighted by atomic mass is 16.5. The minimum atomic E-state index is 0.275. The highest BCUT2D eigenvalue weighted by molar-refractivity contribution is 5.08. The summed E-state index contributed by atoms with van der Waals surface area (Å²) in [6.07, 6.45) is 19.9. The summed E-state index contributed by atoms with van der Waals surface area (Å²) in [7, 11) is 3.73. The zero-order valence-corrected chi connectivity index (χ0v) is 18.4. The molecule has 4 heteroatoms. The molecule has 0 spiro atoms. The molecule has 8 atom stereocenters. The van der Waals surface area contributed by atoms with E-state index < -0.39 is 0 Å². The summed E-state index contributed by atoms with van der Waals surface area (Å²) in [5.74, 6) is 0.873. The Morgan fingerprint density at radius 1 is 0.643 bits per heavy atom. The van der Waals surface area contributed by atoms with Crippen molar-refractivity contribution < 1.29 is 9.47 Å². The topological polar surface area (TPSA) is 42.5 Å². The van der Waals surface area contributed by atoms with E-state index >= 15 is 0 Å². The molecular weight excluding hydrogens is 348 g/mol. The highest BCUT2D eigenvalue weighted by Gasteiger charge is 2.35. The quantitative estimate of drug-likeness (QED) is 0.667. The number of rotatable bonds is 6. The van der Waals surface area contributed by atoms with Gasteiger partial charge in [0.15, 0.2) is 0 Å². The molecule has 28 heavy (non-hydrogen) atoms. The van der Waals surface area contributed by atoms with Gasteiger partial charge in [0.05, 0.1) is 12.2 Å². The van der Waals surface area contributed by atoms with Crippen molar-refractivity contribution in [2.45, 2.75) is 102 Å². The van der Waals surface area contributed by atoms with E-state index in [0.717, 1.165) is 12.8 Å². The second-order valence-electron chi connectivity index (χ2n) is 9.33. The van der Waals surface area contributed by atoms with Crippen molar-refractivity contribution in [1.29, 1.82) is 0 Å². The van der Waals surface area contributed by atoms with E-state index in [-0.39, 0.29) is 12.2 Å². The first-order chi connectivity index (χ1) is 13.6. The first kappa shape index (κ1) is 22.0. The van der Waals surface area contributed by atoms with Crippen LogP contribution in [0.3, 0.4) is 0 Å². The van der Waals surface area contributed by atoms with Gasteiger partial charge >= 0.3 is 0 Å². The second-order valence-corrected chi connectivity index (χ2v) is 9.33. The maximum absolute atomic E-state index is 5.92. The lowest BCUT2D eigenvalue weighted by Gasteiger charge is -2.38. The molecule has 160 valence electrons. The smallest absolute Gasteiger partial charge is 0.0641 e. The monoisotopic (exact) mass is 390 g/mol. The van der Waals surface area contributed by atoms with Gasteiger partial charge in [0.25, 0.3) is 0 Å². The Morgan fingerprint density at radius 3 is 1.43 bits per heavy atom. The zero-order valence-electron chi connectivity index (χ0n) is 18.4. The Kier molecular flexibility index (Phi) is 8.58. The third kappa shape index (κ3) is 6.16. The van der Waals surface area contributed by atoms with Gasteiger partial charge in [-0.1, -0.05) is 37.1 Å². The summed E-state index contributed by atoms with van der Waals surface area (Å²) in [5.41, 5.74) is 0. The van der Waals surface area contributed by atoms with Crippen molar-refractivity contribution in [3.05, 3.63) is 24.3 Å². The van der Waals surface area contributed by atoms with Crippen LogP contribution in [-0.4, -0.2) is 50.6 Å². The minimum Gasteiger partial charge on any atom is -0.381 e. The predicted octanol–water partition coefficient (Wildman–Crippen LogP) is 4.22. The van der Waals surface area contributed by atoms with E-state index in [0.29, 0.717) is 36.0 Å². The molecular formula is C24H42N2O2. The van der Waals surface area contributed by atoms with Crippen LogP contribution in [0.15, 0.2) is 24.3 Å². The van der Waals surface area contributed by atoms with Crippen molar-refractivity contribution in [2.75, 3.05) is 14.2 Å². The van der Waals surface area contributed by atoms with Crippen LogP contribution in [0.5, 0.6) is 0 Å². The molecule has 0 radical (unpaired) electrons. The molecule has 3 fully saturated rings. The van der Waals surface area contributed by atoms with E-state index in [9.17, 15) is 0 Å². The molecule has 0 aromatic carbocycles. The average molecular weight is 391 g/mol. The molecule has 2 saturated heterocycles. The van der Waals surface area contributed by atoms with Crippen molar-refractivity contribution in [1.82, 2.24) is 10.6 Å². The Morgan fingerprint density at radius 2 is 1.07 bits per heavy atom. The number of hydrogen-bond donors (Lipinski definition) is 2. The van der Waals surface area contributed by atoms with Crippen LogP contribution in [-0.2, 0) is 9.47 Å². The van der Waals surface area contributed by atoms with Crippen LogP contribution in [0.1, 0.15) is 65.2 Å². The Labute approximate surface area is 172 Å². The van der Waals surface area contributed by atoms with Gasteiger partial charge < -0.3 is 20.1 Å². The molecule has 0 amide bonds. The van der Waals surface area contributed by atoms with E-state index in [1.807, 2.05) is 14.2 Å². The lowest BCUT2D eigenvalue weighted by atomic mass is 9.76. The van der Waals surface area contributed by atoms with Gasteiger partial charge in [-0.05, 0) is 52.4 Å². The Bertz CT molecular complexity index is 475. The molecule has 0 aromatic rings.